The zero-order chi connectivity index (χ0) is 48.4. The van der Waals surface area contributed by atoms with E-state index in [1.54, 1.807) is 6.92 Å². The number of halogens is 7. The summed E-state index contributed by atoms with van der Waals surface area (Å²) in [5, 5.41) is 14.2. The van der Waals surface area contributed by atoms with Crippen LogP contribution >= 0.6 is 22.6 Å². The van der Waals surface area contributed by atoms with Gasteiger partial charge in [0.25, 0.3) is 0 Å². The summed E-state index contributed by atoms with van der Waals surface area (Å²) in [6, 6.07) is 24.4. The molecule has 69 heavy (non-hydrogen) atoms. The predicted octanol–water partition coefficient (Wildman–Crippen LogP) is 14.6. The van der Waals surface area contributed by atoms with Crippen LogP contribution in [0.15, 0.2) is 111 Å². The van der Waals surface area contributed by atoms with Crippen LogP contribution in [0, 0.1) is 9.49 Å². The third kappa shape index (κ3) is 34.6. The van der Waals surface area contributed by atoms with Crippen LogP contribution in [0.1, 0.15) is 113 Å². The van der Waals surface area contributed by atoms with Crippen molar-refractivity contribution in [2.24, 2.45) is 5.92 Å². The molecule has 0 radical (unpaired) electrons. The summed E-state index contributed by atoms with van der Waals surface area (Å²) in [7, 11) is 0. The third-order valence-electron chi connectivity index (χ3n) is 8.02. The number of carbonyl (C=O) groups excluding carboxylic acids is 2. The summed E-state index contributed by atoms with van der Waals surface area (Å²) in [5.41, 5.74) is 3.77. The molecular weight excluding hydrogens is 1030 g/mol. The number of esters is 1. The van der Waals surface area contributed by atoms with E-state index in [0.717, 1.165) is 43.6 Å². The van der Waals surface area contributed by atoms with Gasteiger partial charge in [0.15, 0.2) is 0 Å². The number of aliphatic hydroxyl groups is 2. The molecule has 0 bridgehead atoms. The largest absolute Gasteiger partial charge is 0.490 e. The van der Waals surface area contributed by atoms with Crippen molar-refractivity contribution < 1.29 is 74.6 Å². The predicted molar refractivity (Wildman–Crippen MR) is 275 cm³/mol. The second kappa shape index (κ2) is 43.7. The first kappa shape index (κ1) is 76.2. The first-order chi connectivity index (χ1) is 30.4. The van der Waals surface area contributed by atoms with E-state index in [1.807, 2.05) is 66.8 Å². The van der Waals surface area contributed by atoms with Crippen LogP contribution in [-0.4, -0.2) is 73.9 Å². The molecule has 0 heterocycles. The molecule has 3 aromatic rings. The van der Waals surface area contributed by atoms with Gasteiger partial charge in [-0.3, -0.25) is 14.3 Å². The molecule has 3 aromatic carbocycles. The highest BCUT2D eigenvalue weighted by atomic mass is 127. The number of hydrogen-bond acceptors (Lipinski definition) is 10. The van der Waals surface area contributed by atoms with Gasteiger partial charge in [-0.2, -0.15) is 17.6 Å². The van der Waals surface area contributed by atoms with E-state index >= 15 is 0 Å². The summed E-state index contributed by atoms with van der Waals surface area (Å²) in [6.07, 6.45) is -3.89. The summed E-state index contributed by atoms with van der Waals surface area (Å²) >= 11 is 2.30. The van der Waals surface area contributed by atoms with E-state index in [1.165, 1.54) is 34.1 Å². The molecule has 0 amide bonds. The lowest BCUT2D eigenvalue weighted by Crippen LogP contribution is -2.49. The number of benzene rings is 3. The van der Waals surface area contributed by atoms with Gasteiger partial charge in [0, 0.05) is 9.99 Å². The lowest BCUT2D eigenvalue weighted by Gasteiger charge is -2.28. The van der Waals surface area contributed by atoms with Crippen LogP contribution in [0.2, 0.25) is 0 Å². The Morgan fingerprint density at radius 1 is 0.667 bits per heavy atom. The second-order valence-electron chi connectivity index (χ2n) is 13.3. The van der Waals surface area contributed by atoms with E-state index in [-0.39, 0.29) is 68.5 Å². The van der Waals surface area contributed by atoms with Crippen molar-refractivity contribution in [1.29, 1.82) is 0 Å². The van der Waals surface area contributed by atoms with Crippen LogP contribution in [0.3, 0.4) is 0 Å². The van der Waals surface area contributed by atoms with Crippen molar-refractivity contribution in [3.05, 3.63) is 131 Å². The molecule has 4 rings (SSSR count). The molecule has 1 saturated carbocycles. The molecule has 17 heteroatoms. The van der Waals surface area contributed by atoms with Crippen molar-refractivity contribution in [3.63, 3.8) is 0 Å². The number of alkyl halides is 6. The Hall–Kier alpha value is -4.27. The minimum atomic E-state index is -5.50. The van der Waals surface area contributed by atoms with Gasteiger partial charge < -0.3 is 29.2 Å². The molecule has 1 aliphatic carbocycles. The summed E-state index contributed by atoms with van der Waals surface area (Å²) in [5.74, 6) is 0.859. The molecule has 10 nitrogen and oxygen atoms in total. The number of rotatable bonds is 21. The number of hydrogen-bond donors (Lipinski definition) is 2. The number of aliphatic hydroxyl groups excluding tert-OH is 1. The topological polar surface area (TPSA) is 130 Å². The lowest BCUT2D eigenvalue weighted by molar-refractivity contribution is -0.526. The quantitative estimate of drug-likeness (QED) is 0.0266. The molecule has 0 aliphatic heterocycles. The van der Waals surface area contributed by atoms with Crippen molar-refractivity contribution in [1.82, 2.24) is 0 Å². The number of ether oxygens (including phenoxy) is 6. The highest BCUT2D eigenvalue weighted by Crippen LogP contribution is 2.40. The fraction of sp³-hybridized carbons (Fsp3) is 0.500. The Morgan fingerprint density at radius 3 is 1.42 bits per heavy atom. The molecule has 1 fully saturated rings. The van der Waals surface area contributed by atoms with Gasteiger partial charge in [0.05, 0.1) is 19.8 Å². The molecule has 1 unspecified atom stereocenters. The molecule has 0 aromatic heterocycles. The average Bonchev–Trinajstić information content (AvgIpc) is 3.25. The SMILES string of the molecule is C.C.C.C.C.C=CCc1ccc(I)cc1.C=CCc1ccc(OCOc2ccc(CC=C)cc2)cc1.CCCOC(F)(F)OC(F)(F)C(F)(F)OCCC.CCOC(=O)C1CCCCC1=O.OCO. The summed E-state index contributed by atoms with van der Waals surface area (Å²) in [4.78, 5) is 22.4. The van der Waals surface area contributed by atoms with Crippen molar-refractivity contribution >= 4 is 34.3 Å². The van der Waals surface area contributed by atoms with Gasteiger partial charge in [-0.25, -0.2) is 4.74 Å². The number of ketones is 1. The van der Waals surface area contributed by atoms with E-state index in [4.69, 9.17) is 24.4 Å². The first-order valence-electron chi connectivity index (χ1n) is 20.4. The van der Waals surface area contributed by atoms with Crippen molar-refractivity contribution in [2.45, 2.75) is 134 Å². The fourth-order valence-corrected chi connectivity index (χ4v) is 5.34. The standard InChI is InChI=1S/C19H20O2.C9H14F6O3.C9H9I.C9H14O3.CH4O2.5CH4/c1-3-5-16-7-11-18(12-8-16)20-15-21-19-13-9-17(6-4-2)10-14-19;1-3-5-16-7(10,11)8(12,13)18-9(14,15)17-6-4-2;1-2-3-8-4-6-9(10)7-5-8;1-2-12-9(11)7-5-3-4-6-8(7)10;2-1-3;;;;;/h3-4,7-14H,1-2,5-6,15H2;3-6H2,1-2H3;2,4-7H,1,3H2;7H,2-6H2,1H3;2-3H,1H2;5*1H4. The maximum Gasteiger partial charge on any atom is 0.490 e. The van der Waals surface area contributed by atoms with Crippen LogP contribution in [-0.2, 0) is 47.8 Å². The normalized spacial score (nSPS) is 12.4. The van der Waals surface area contributed by atoms with E-state index in [9.17, 15) is 35.9 Å². The monoisotopic (exact) mass is 1110 g/mol. The maximum absolute atomic E-state index is 12.8. The molecule has 398 valence electrons. The van der Waals surface area contributed by atoms with Crippen molar-refractivity contribution in [2.75, 3.05) is 33.4 Å². The third-order valence-corrected chi connectivity index (χ3v) is 8.74. The van der Waals surface area contributed by atoms with Gasteiger partial charge in [-0.05, 0) is 128 Å². The Kier molecular flexibility index (Phi) is 48.3. The highest BCUT2D eigenvalue weighted by Gasteiger charge is 2.64. The van der Waals surface area contributed by atoms with E-state index < -0.39 is 44.4 Å². The number of carbonyl (C=O) groups is 2. The smallest absolute Gasteiger partial charge is 0.465 e. The van der Waals surface area contributed by atoms with Crippen LogP contribution in [0.25, 0.3) is 0 Å². The minimum absolute atomic E-state index is 0. The van der Waals surface area contributed by atoms with Crippen molar-refractivity contribution in [3.8, 4) is 11.5 Å². The van der Waals surface area contributed by atoms with Gasteiger partial charge in [-0.1, -0.05) is 112 Å². The van der Waals surface area contributed by atoms with Crippen LogP contribution < -0.4 is 9.47 Å². The Morgan fingerprint density at radius 2 is 1.06 bits per heavy atom. The van der Waals surface area contributed by atoms with E-state index in [2.05, 4.69) is 80.8 Å². The lowest BCUT2D eigenvalue weighted by atomic mass is 9.88. The molecule has 1 atom stereocenters. The van der Waals surface area contributed by atoms with Crippen LogP contribution in [0.4, 0.5) is 26.3 Å². The van der Waals surface area contributed by atoms with Gasteiger partial charge >= 0.3 is 24.5 Å². The minimum Gasteiger partial charge on any atom is -0.465 e. The molecule has 0 saturated heterocycles. The molecule has 1 aliphatic rings. The maximum atomic E-state index is 12.8. The number of Topliss-reactive ketones (excluding diaryl/α,β-unsaturated/α-hetero) is 1. The van der Waals surface area contributed by atoms with Crippen LogP contribution in [0.5, 0.6) is 11.5 Å². The zero-order valence-electron chi connectivity index (χ0n) is 36.6. The average molecular weight is 1110 g/mol. The Balaban J connectivity index is -0.000000189. The summed E-state index contributed by atoms with van der Waals surface area (Å²) in [6.45, 7) is 14.1. The number of allylic oxidation sites excluding steroid dienone is 3. The fourth-order valence-electron chi connectivity index (χ4n) is 4.98. The molecule has 2 N–H and O–H groups in total. The second-order valence-corrected chi connectivity index (χ2v) is 14.5. The molecule has 0 spiro atoms. The zero-order valence-corrected chi connectivity index (χ0v) is 38.7. The van der Waals surface area contributed by atoms with Gasteiger partial charge in [-0.15, -0.1) is 28.5 Å². The van der Waals surface area contributed by atoms with Gasteiger partial charge in [0.2, 0.25) is 6.79 Å². The first-order valence-corrected chi connectivity index (χ1v) is 21.5. The Bertz CT molecular complexity index is 1680. The molecular formula is C52H81F6IO10. The Labute approximate surface area is 423 Å². The summed E-state index contributed by atoms with van der Waals surface area (Å²) < 4.78 is 103. The van der Waals surface area contributed by atoms with Gasteiger partial charge in [0.1, 0.15) is 30.0 Å². The highest BCUT2D eigenvalue weighted by molar-refractivity contribution is 14.1. The van der Waals surface area contributed by atoms with E-state index in [0.29, 0.717) is 19.4 Å².